The van der Waals surface area contributed by atoms with Crippen LogP contribution in [0.5, 0.6) is 0 Å². The van der Waals surface area contributed by atoms with Gasteiger partial charge in [-0.25, -0.2) is 9.59 Å². The molecule has 0 radical (unpaired) electrons. The van der Waals surface area contributed by atoms with Crippen LogP contribution in [-0.2, 0) is 14.3 Å². The molecule has 2 saturated heterocycles. The minimum absolute atomic E-state index is 0.0406. The zero-order chi connectivity index (χ0) is 28.3. The highest BCUT2D eigenvalue weighted by Gasteiger charge is 2.38. The maximum Gasteiger partial charge on any atom is 0.410 e. The third-order valence-corrected chi connectivity index (χ3v) is 8.69. The van der Waals surface area contributed by atoms with Crippen molar-refractivity contribution in [1.29, 1.82) is 0 Å². The lowest BCUT2D eigenvalue weighted by Gasteiger charge is -2.40. The Labute approximate surface area is 234 Å². The Bertz CT molecular complexity index is 1160. The molecule has 0 bridgehead atoms. The van der Waals surface area contributed by atoms with E-state index in [9.17, 15) is 24.3 Å². The second-order valence-corrected chi connectivity index (χ2v) is 13.0. The van der Waals surface area contributed by atoms with E-state index in [4.69, 9.17) is 4.74 Å². The predicted octanol–water partition coefficient (Wildman–Crippen LogP) is 4.49. The fourth-order valence-corrected chi connectivity index (χ4v) is 6.25. The number of hydrogen-bond acceptors (Lipinski definition) is 6. The lowest BCUT2D eigenvalue weighted by molar-refractivity contribution is -0.127. The van der Waals surface area contributed by atoms with E-state index in [1.54, 1.807) is 15.9 Å². The summed E-state index contributed by atoms with van der Waals surface area (Å²) in [7, 11) is 0. The highest BCUT2D eigenvalue weighted by molar-refractivity contribution is 7.15. The Morgan fingerprint density at radius 1 is 1.10 bits per heavy atom. The van der Waals surface area contributed by atoms with Crippen LogP contribution in [0.25, 0.3) is 0 Å². The van der Waals surface area contributed by atoms with Gasteiger partial charge in [0.1, 0.15) is 4.88 Å². The molecule has 3 aliphatic rings. The molecule has 0 spiro atoms. The number of thiophene rings is 1. The molecule has 3 fully saturated rings. The van der Waals surface area contributed by atoms with Crippen LogP contribution in [0.4, 0.5) is 10.5 Å². The number of carbonyl (C=O) groups is 4. The van der Waals surface area contributed by atoms with E-state index in [2.05, 4.69) is 24.1 Å². The largest absolute Gasteiger partial charge is 0.477 e. The summed E-state index contributed by atoms with van der Waals surface area (Å²) in [6.45, 7) is 9.37. The molecule has 1 saturated carbocycles. The number of carboxylic acids is 1. The van der Waals surface area contributed by atoms with Crippen LogP contribution in [0.15, 0.2) is 6.07 Å². The van der Waals surface area contributed by atoms with Gasteiger partial charge in [0.25, 0.3) is 5.91 Å². The van der Waals surface area contributed by atoms with Gasteiger partial charge in [-0.15, -0.1) is 11.3 Å². The van der Waals surface area contributed by atoms with Crippen LogP contribution in [0.2, 0.25) is 0 Å². The maximum absolute atomic E-state index is 14.0. The first-order valence-electron chi connectivity index (χ1n) is 13.9. The molecule has 3 heterocycles. The fourth-order valence-electron chi connectivity index (χ4n) is 5.41. The fraction of sp³-hybridized carbons (Fsp3) is 0.655. The Morgan fingerprint density at radius 2 is 1.77 bits per heavy atom. The number of ether oxygens (including phenoxy) is 1. The summed E-state index contributed by atoms with van der Waals surface area (Å²) in [4.78, 5) is 54.9. The summed E-state index contributed by atoms with van der Waals surface area (Å²) >= 11 is 1.10. The summed E-state index contributed by atoms with van der Waals surface area (Å²) in [6.07, 6.45) is 3.65. The van der Waals surface area contributed by atoms with Crippen molar-refractivity contribution in [3.05, 3.63) is 15.8 Å². The number of likely N-dealkylation sites (tertiary alicyclic amines) is 1. The number of hydrogen-bond donors (Lipinski definition) is 2. The number of nitrogens with one attached hydrogen (secondary N) is 1. The van der Waals surface area contributed by atoms with Crippen LogP contribution >= 0.6 is 11.3 Å². The lowest BCUT2D eigenvalue weighted by atomic mass is 9.82. The van der Waals surface area contributed by atoms with Gasteiger partial charge in [0.15, 0.2) is 6.10 Å². The predicted molar refractivity (Wildman–Crippen MR) is 149 cm³/mol. The quantitative estimate of drug-likeness (QED) is 0.516. The van der Waals surface area contributed by atoms with E-state index in [0.717, 1.165) is 37.0 Å². The number of anilines is 1. The first-order valence-corrected chi connectivity index (χ1v) is 14.7. The molecule has 4 rings (SSSR count). The lowest BCUT2D eigenvalue weighted by Crippen LogP contribution is -2.51. The molecular formula is C29H39N3O6S. The van der Waals surface area contributed by atoms with Crippen LogP contribution in [-0.4, -0.2) is 65.7 Å². The molecule has 1 aromatic heterocycles. The topological polar surface area (TPSA) is 116 Å². The first kappa shape index (κ1) is 28.9. The highest BCUT2D eigenvalue weighted by Crippen LogP contribution is 2.38. The van der Waals surface area contributed by atoms with Crippen molar-refractivity contribution in [1.82, 2.24) is 10.2 Å². The van der Waals surface area contributed by atoms with E-state index >= 15 is 0 Å². The van der Waals surface area contributed by atoms with Gasteiger partial charge in [-0.1, -0.05) is 18.8 Å². The third kappa shape index (κ3) is 7.13. The number of amides is 3. The minimum Gasteiger partial charge on any atom is -0.477 e. The molecule has 1 aliphatic carbocycles. The summed E-state index contributed by atoms with van der Waals surface area (Å²) < 4.78 is 5.41. The normalized spacial score (nSPS) is 23.9. The van der Waals surface area contributed by atoms with E-state index in [0.29, 0.717) is 55.4 Å². The molecule has 10 heteroatoms. The molecule has 0 aromatic carbocycles. The Hall–Kier alpha value is -3.06. The van der Waals surface area contributed by atoms with Crippen molar-refractivity contribution >= 4 is 40.9 Å². The van der Waals surface area contributed by atoms with E-state index < -0.39 is 18.2 Å². The maximum atomic E-state index is 14.0. The summed E-state index contributed by atoms with van der Waals surface area (Å²) in [5.74, 6) is 5.29. The van der Waals surface area contributed by atoms with Gasteiger partial charge in [-0.05, 0) is 71.3 Å². The smallest absolute Gasteiger partial charge is 0.410 e. The zero-order valence-corrected chi connectivity index (χ0v) is 24.1. The monoisotopic (exact) mass is 557 g/mol. The second kappa shape index (κ2) is 12.0. The SMILES string of the molecule is CC(C)(C)C#Cc1cc(N(C(=O)[C@H]2CC[C@H](C)CC2)C2CCN(C(=O)O[C@H]3CCNC3=O)CC2)c(C(=O)O)s1. The van der Waals surface area contributed by atoms with E-state index in [1.165, 1.54) is 0 Å². The summed E-state index contributed by atoms with van der Waals surface area (Å²) in [6, 6.07) is 1.49. The van der Waals surface area contributed by atoms with Gasteiger partial charge in [0, 0.05) is 43.4 Å². The van der Waals surface area contributed by atoms with Crippen molar-refractivity contribution in [3.8, 4) is 11.8 Å². The Morgan fingerprint density at radius 3 is 2.33 bits per heavy atom. The van der Waals surface area contributed by atoms with Crippen LogP contribution in [0, 0.1) is 29.1 Å². The van der Waals surface area contributed by atoms with Gasteiger partial charge >= 0.3 is 12.1 Å². The molecule has 0 unspecified atom stereocenters. The molecule has 1 aromatic rings. The van der Waals surface area contributed by atoms with Gasteiger partial charge in [0.2, 0.25) is 5.91 Å². The summed E-state index contributed by atoms with van der Waals surface area (Å²) in [5.41, 5.74) is 0.153. The molecule has 9 nitrogen and oxygen atoms in total. The van der Waals surface area contributed by atoms with Crippen molar-refractivity contribution in [2.24, 2.45) is 17.3 Å². The highest BCUT2D eigenvalue weighted by atomic mass is 32.1. The van der Waals surface area contributed by atoms with Crippen LogP contribution in [0.3, 0.4) is 0 Å². The van der Waals surface area contributed by atoms with Gasteiger partial charge < -0.3 is 25.0 Å². The number of nitrogens with zero attached hydrogens (tertiary/aromatic N) is 2. The number of piperidine rings is 1. The standard InChI is InChI=1S/C29H39N3O6S/c1-18-5-7-19(8-6-18)26(34)32(22-17-21(9-13-29(2,3)4)39-24(22)27(35)36)20-11-15-31(16-12-20)28(37)38-23-10-14-30-25(23)33/h17-20,23H,5-8,10-12,14-16H2,1-4H3,(H,30,33)(H,35,36)/t18-,19-,23-/m0/s1. The van der Waals surface area contributed by atoms with E-state index in [-0.39, 0.29) is 34.1 Å². The van der Waals surface area contributed by atoms with Crippen LogP contribution < -0.4 is 10.2 Å². The van der Waals surface area contributed by atoms with Crippen molar-refractivity contribution in [2.45, 2.75) is 84.8 Å². The van der Waals surface area contributed by atoms with Crippen molar-refractivity contribution in [3.63, 3.8) is 0 Å². The average Bonchev–Trinajstić information content (AvgIpc) is 3.49. The first-order chi connectivity index (χ1) is 18.4. The number of rotatable bonds is 5. The van der Waals surface area contributed by atoms with E-state index in [1.807, 2.05) is 20.8 Å². The molecule has 2 N–H and O–H groups in total. The second-order valence-electron chi connectivity index (χ2n) is 12.0. The Kier molecular flexibility index (Phi) is 8.90. The van der Waals surface area contributed by atoms with Gasteiger partial charge in [-0.2, -0.15) is 0 Å². The Balaban J connectivity index is 1.58. The van der Waals surface area contributed by atoms with Crippen LogP contribution in [0.1, 0.15) is 87.2 Å². The minimum atomic E-state index is -1.08. The molecule has 39 heavy (non-hydrogen) atoms. The van der Waals surface area contributed by atoms with Gasteiger partial charge in [0.05, 0.1) is 10.6 Å². The molecule has 1 atom stereocenters. The van der Waals surface area contributed by atoms with Gasteiger partial charge in [-0.3, -0.25) is 9.59 Å². The molecular weight excluding hydrogens is 518 g/mol. The number of carbonyl (C=O) groups excluding carboxylic acids is 3. The molecule has 3 amide bonds. The molecule has 2 aliphatic heterocycles. The van der Waals surface area contributed by atoms with Crippen molar-refractivity contribution < 1.29 is 29.0 Å². The van der Waals surface area contributed by atoms with Crippen molar-refractivity contribution in [2.75, 3.05) is 24.5 Å². The molecule has 212 valence electrons. The number of carboxylic acid groups (broad SMARTS) is 1. The summed E-state index contributed by atoms with van der Waals surface area (Å²) in [5, 5.41) is 12.7. The zero-order valence-electron chi connectivity index (χ0n) is 23.2. The number of aromatic carboxylic acids is 1. The average molecular weight is 558 g/mol. The third-order valence-electron chi connectivity index (χ3n) is 7.66.